The van der Waals surface area contributed by atoms with E-state index in [1.807, 2.05) is 19.9 Å². The third-order valence-corrected chi connectivity index (χ3v) is 3.08. The SMILES string of the molecule is COc1cccc(C(NN)c2cc(C)oc2C)c1F. The second-order valence-corrected chi connectivity index (χ2v) is 4.33. The van der Waals surface area contributed by atoms with Crippen LogP contribution >= 0.6 is 0 Å². The van der Waals surface area contributed by atoms with Crippen molar-refractivity contribution in [2.45, 2.75) is 19.9 Å². The summed E-state index contributed by atoms with van der Waals surface area (Å²) in [5, 5.41) is 0. The van der Waals surface area contributed by atoms with E-state index >= 15 is 0 Å². The fourth-order valence-electron chi connectivity index (χ4n) is 2.19. The van der Waals surface area contributed by atoms with Crippen LogP contribution in [0.1, 0.15) is 28.7 Å². The molecule has 4 nitrogen and oxygen atoms in total. The Morgan fingerprint density at radius 1 is 1.32 bits per heavy atom. The van der Waals surface area contributed by atoms with Crippen LogP contribution in [0.2, 0.25) is 0 Å². The highest BCUT2D eigenvalue weighted by atomic mass is 19.1. The predicted molar refractivity (Wildman–Crippen MR) is 70.3 cm³/mol. The van der Waals surface area contributed by atoms with Crippen LogP contribution < -0.4 is 16.0 Å². The van der Waals surface area contributed by atoms with Crippen LogP contribution in [-0.2, 0) is 0 Å². The Morgan fingerprint density at radius 2 is 2.05 bits per heavy atom. The Kier molecular flexibility index (Phi) is 3.87. The maximum atomic E-state index is 14.3. The number of ether oxygens (including phenoxy) is 1. The first-order chi connectivity index (χ1) is 9.08. The molecule has 0 amide bonds. The summed E-state index contributed by atoms with van der Waals surface area (Å²) in [5.41, 5.74) is 3.86. The summed E-state index contributed by atoms with van der Waals surface area (Å²) in [6, 6.07) is 6.33. The summed E-state index contributed by atoms with van der Waals surface area (Å²) in [4.78, 5) is 0. The second-order valence-electron chi connectivity index (χ2n) is 4.33. The molecule has 1 aromatic heterocycles. The number of furan rings is 1. The first kappa shape index (κ1) is 13.6. The number of hydrogen-bond acceptors (Lipinski definition) is 4. The highest BCUT2D eigenvalue weighted by molar-refractivity contribution is 5.39. The number of benzene rings is 1. The van der Waals surface area contributed by atoms with Crippen molar-refractivity contribution in [1.29, 1.82) is 0 Å². The van der Waals surface area contributed by atoms with Gasteiger partial charge in [0.15, 0.2) is 11.6 Å². The highest BCUT2D eigenvalue weighted by Gasteiger charge is 2.22. The molecule has 0 aliphatic carbocycles. The van der Waals surface area contributed by atoms with Crippen molar-refractivity contribution in [1.82, 2.24) is 5.43 Å². The van der Waals surface area contributed by atoms with Gasteiger partial charge in [-0.05, 0) is 26.0 Å². The lowest BCUT2D eigenvalue weighted by Crippen LogP contribution is -2.29. The van der Waals surface area contributed by atoms with Gasteiger partial charge in [-0.25, -0.2) is 9.82 Å². The Hall–Kier alpha value is -1.85. The lowest BCUT2D eigenvalue weighted by atomic mass is 9.98. The topological polar surface area (TPSA) is 60.4 Å². The number of hydrazine groups is 1. The van der Waals surface area contributed by atoms with Crippen molar-refractivity contribution in [3.63, 3.8) is 0 Å². The van der Waals surface area contributed by atoms with Crippen LogP contribution in [-0.4, -0.2) is 7.11 Å². The van der Waals surface area contributed by atoms with Crippen molar-refractivity contribution < 1.29 is 13.5 Å². The smallest absolute Gasteiger partial charge is 0.170 e. The zero-order valence-electron chi connectivity index (χ0n) is 11.2. The van der Waals surface area contributed by atoms with E-state index in [4.69, 9.17) is 15.0 Å². The van der Waals surface area contributed by atoms with Crippen molar-refractivity contribution in [3.8, 4) is 5.75 Å². The second kappa shape index (κ2) is 5.42. The molecule has 0 aliphatic heterocycles. The molecule has 5 heteroatoms. The first-order valence-electron chi connectivity index (χ1n) is 5.94. The molecule has 0 saturated heterocycles. The van der Waals surface area contributed by atoms with Crippen molar-refractivity contribution in [2.24, 2.45) is 5.84 Å². The van der Waals surface area contributed by atoms with E-state index < -0.39 is 11.9 Å². The summed E-state index contributed by atoms with van der Waals surface area (Å²) in [6.07, 6.45) is 0. The largest absolute Gasteiger partial charge is 0.494 e. The molecule has 3 N–H and O–H groups in total. The molecular weight excluding hydrogens is 247 g/mol. The summed E-state index contributed by atoms with van der Waals surface area (Å²) < 4.78 is 24.7. The first-order valence-corrected chi connectivity index (χ1v) is 5.94. The Labute approximate surface area is 111 Å². The van der Waals surface area contributed by atoms with Gasteiger partial charge in [-0.15, -0.1) is 0 Å². The van der Waals surface area contributed by atoms with E-state index in [0.29, 0.717) is 11.3 Å². The molecule has 1 heterocycles. The van der Waals surface area contributed by atoms with Gasteiger partial charge in [0.2, 0.25) is 0 Å². The molecule has 2 rings (SSSR count). The van der Waals surface area contributed by atoms with Crippen LogP contribution in [0.25, 0.3) is 0 Å². The zero-order valence-corrected chi connectivity index (χ0v) is 11.2. The van der Waals surface area contributed by atoms with Crippen LogP contribution in [0.15, 0.2) is 28.7 Å². The zero-order chi connectivity index (χ0) is 14.0. The Bertz CT molecular complexity index is 581. The molecule has 0 saturated carbocycles. The predicted octanol–water partition coefficient (Wildman–Crippen LogP) is 2.60. The maximum Gasteiger partial charge on any atom is 0.170 e. The monoisotopic (exact) mass is 264 g/mol. The molecule has 1 aromatic carbocycles. The van der Waals surface area contributed by atoms with Gasteiger partial charge in [0, 0.05) is 11.1 Å². The summed E-state index contributed by atoms with van der Waals surface area (Å²) >= 11 is 0. The number of nitrogens with two attached hydrogens (primary N) is 1. The molecule has 19 heavy (non-hydrogen) atoms. The van der Waals surface area contributed by atoms with Crippen LogP contribution in [0.5, 0.6) is 5.75 Å². The normalized spacial score (nSPS) is 12.5. The lowest BCUT2D eigenvalue weighted by Gasteiger charge is -2.17. The molecule has 0 spiro atoms. The minimum Gasteiger partial charge on any atom is -0.494 e. The quantitative estimate of drug-likeness (QED) is 0.658. The van der Waals surface area contributed by atoms with Gasteiger partial charge >= 0.3 is 0 Å². The molecule has 1 unspecified atom stereocenters. The van der Waals surface area contributed by atoms with Crippen LogP contribution in [0.4, 0.5) is 4.39 Å². The van der Waals surface area contributed by atoms with E-state index in [0.717, 1.165) is 11.3 Å². The molecule has 0 radical (unpaired) electrons. The number of nitrogens with one attached hydrogen (secondary N) is 1. The minimum atomic E-state index is -0.479. The van der Waals surface area contributed by atoms with Crippen LogP contribution in [0, 0.1) is 19.7 Å². The summed E-state index contributed by atoms with van der Waals surface area (Å²) in [6.45, 7) is 3.66. The summed E-state index contributed by atoms with van der Waals surface area (Å²) in [5.74, 6) is 6.81. The van der Waals surface area contributed by atoms with Gasteiger partial charge in [0.1, 0.15) is 11.5 Å². The van der Waals surface area contributed by atoms with Gasteiger partial charge < -0.3 is 9.15 Å². The van der Waals surface area contributed by atoms with E-state index in [9.17, 15) is 4.39 Å². The fourth-order valence-corrected chi connectivity index (χ4v) is 2.19. The van der Waals surface area contributed by atoms with E-state index in [2.05, 4.69) is 5.43 Å². The van der Waals surface area contributed by atoms with Gasteiger partial charge in [-0.3, -0.25) is 5.84 Å². The molecule has 2 aromatic rings. The third-order valence-electron chi connectivity index (χ3n) is 3.08. The third kappa shape index (κ3) is 2.47. The van der Waals surface area contributed by atoms with Crippen LogP contribution in [0.3, 0.4) is 0 Å². The van der Waals surface area contributed by atoms with Gasteiger partial charge in [-0.1, -0.05) is 12.1 Å². The maximum absolute atomic E-state index is 14.3. The number of rotatable bonds is 4. The standard InChI is InChI=1S/C14H17FN2O2/c1-8-7-11(9(2)19-8)14(17-16)10-5-4-6-12(18-3)13(10)15/h4-7,14,17H,16H2,1-3H3. The van der Waals surface area contributed by atoms with E-state index in [1.165, 1.54) is 7.11 Å². The van der Waals surface area contributed by atoms with Crippen molar-refractivity contribution in [3.05, 3.63) is 52.7 Å². The lowest BCUT2D eigenvalue weighted by molar-refractivity contribution is 0.381. The number of hydrogen-bond donors (Lipinski definition) is 2. The molecule has 0 aliphatic rings. The van der Waals surface area contributed by atoms with Gasteiger partial charge in [0.25, 0.3) is 0 Å². The van der Waals surface area contributed by atoms with E-state index in [-0.39, 0.29) is 5.75 Å². The molecular formula is C14H17FN2O2. The van der Waals surface area contributed by atoms with Crippen molar-refractivity contribution in [2.75, 3.05) is 7.11 Å². The average Bonchev–Trinajstić information content (AvgIpc) is 2.72. The number of halogens is 1. The minimum absolute atomic E-state index is 0.190. The van der Waals surface area contributed by atoms with Crippen molar-refractivity contribution >= 4 is 0 Å². The van der Waals surface area contributed by atoms with E-state index in [1.54, 1.807) is 18.2 Å². The van der Waals surface area contributed by atoms with Gasteiger partial charge in [-0.2, -0.15) is 0 Å². The molecule has 102 valence electrons. The highest BCUT2D eigenvalue weighted by Crippen LogP contribution is 2.31. The fraction of sp³-hybridized carbons (Fsp3) is 0.286. The summed E-state index contributed by atoms with van der Waals surface area (Å²) in [7, 11) is 1.43. The number of methoxy groups -OCH3 is 1. The number of aryl methyl sites for hydroxylation is 2. The average molecular weight is 264 g/mol. The van der Waals surface area contributed by atoms with Gasteiger partial charge in [0.05, 0.1) is 13.2 Å². The Morgan fingerprint density at radius 3 is 2.58 bits per heavy atom. The molecule has 0 fully saturated rings. The Balaban J connectivity index is 2.51. The molecule has 0 bridgehead atoms. The molecule has 1 atom stereocenters.